The second-order valence-corrected chi connectivity index (χ2v) is 23.3. The van der Waals surface area contributed by atoms with Crippen LogP contribution in [0.1, 0.15) is 86.2 Å². The van der Waals surface area contributed by atoms with E-state index in [4.69, 9.17) is 16.0 Å². The van der Waals surface area contributed by atoms with Gasteiger partial charge in [0.05, 0.1) is 30.5 Å². The molecule has 3 aliphatic heterocycles. The summed E-state index contributed by atoms with van der Waals surface area (Å²) in [7, 11) is 0. The third-order valence-electron chi connectivity index (χ3n) is 15.7. The zero-order valence-electron chi connectivity index (χ0n) is 46.6. The van der Waals surface area contributed by atoms with Crippen LogP contribution in [0.3, 0.4) is 0 Å². The fourth-order valence-electron chi connectivity index (χ4n) is 11.1. The summed E-state index contributed by atoms with van der Waals surface area (Å²) in [5, 5.41) is 113. The van der Waals surface area contributed by atoms with E-state index >= 15 is 0 Å². The molecule has 4 heterocycles. The summed E-state index contributed by atoms with van der Waals surface area (Å²) in [4.78, 5) is 106. The molecule has 4 fully saturated rings. The number of carbonyl (C=O) groups excluding carboxylic acids is 7. The lowest BCUT2D eigenvalue weighted by Gasteiger charge is -2.33. The van der Waals surface area contributed by atoms with Crippen molar-refractivity contribution in [1.82, 2.24) is 46.6 Å². The predicted molar refractivity (Wildman–Crippen MR) is 304 cm³/mol. The van der Waals surface area contributed by atoms with Crippen LogP contribution >= 0.6 is 23.7 Å². The summed E-state index contributed by atoms with van der Waals surface area (Å²) < 4.78 is 9.31. The monoisotopic (exact) mass is 1230 g/mol. The van der Waals surface area contributed by atoms with Gasteiger partial charge < -0.3 is 81.2 Å². The molecule has 4 aliphatic rings. The Kier molecular flexibility index (Phi) is 22.0. The Morgan fingerprint density at radius 1 is 0.791 bits per heavy atom. The van der Waals surface area contributed by atoms with Gasteiger partial charge in [-0.05, 0) is 61.1 Å². The lowest BCUT2D eigenvalue weighted by Crippen LogP contribution is -2.64. The number of β-amino-alcohol motifs (C(OH)–C–C–N with tert-alkyl or cyclic N) is 1. The molecule has 0 unspecified atom stereocenters. The van der Waals surface area contributed by atoms with E-state index in [1.165, 1.54) is 74.1 Å². The first-order valence-corrected chi connectivity index (χ1v) is 29.3. The minimum atomic E-state index is -2.15. The zero-order valence-corrected chi connectivity index (χ0v) is 48.3. The Bertz CT molecular complexity index is 3110. The lowest BCUT2D eigenvalue weighted by atomic mass is 9.84. The van der Waals surface area contributed by atoms with Gasteiger partial charge in [0.2, 0.25) is 42.0 Å². The fourth-order valence-corrected chi connectivity index (χ4v) is 12.2. The van der Waals surface area contributed by atoms with Crippen LogP contribution in [0.2, 0.25) is 0 Å². The Labute approximate surface area is 501 Å². The molecule has 13 N–H and O–H groups in total. The molecule has 8 rings (SSSR count). The first-order chi connectivity index (χ1) is 41.1. The Balaban J connectivity index is 1.08. The van der Waals surface area contributed by atoms with Crippen molar-refractivity contribution in [3.63, 3.8) is 0 Å². The highest BCUT2D eigenvalue weighted by atomic mass is 32.2. The summed E-state index contributed by atoms with van der Waals surface area (Å²) in [5.74, 6) is -9.03. The SMILES string of the molecule is [C-]#[N+]C[C@@H](O)[C@@H]1NC(=O)[C@H]([C@H](O)Cc2ccc(O)c(OSOOO)c2)NC(=O)[C@@H]2C[C@H](O)CN2C(=O)[C@H]([C@H](C)O)NC(=O)[C@@H](NC(=O)c2ccc(-c3nnc(-c4ccc(C5CCCCC5)cc4)s3)cc2)C[C@H](O)CNC(=O)[C@@H]2[C@@H](O)[C@H](C)CN2C1=O. The third-order valence-corrected chi connectivity index (χ3v) is 17.1. The van der Waals surface area contributed by atoms with Gasteiger partial charge in [0.15, 0.2) is 17.6 Å². The average molecular weight is 1230 g/mol. The van der Waals surface area contributed by atoms with E-state index in [1.807, 2.05) is 12.1 Å². The van der Waals surface area contributed by atoms with Gasteiger partial charge in [0.1, 0.15) is 46.3 Å². The van der Waals surface area contributed by atoms with Crippen LogP contribution in [-0.4, -0.2) is 201 Å². The number of aliphatic hydroxyl groups is 6. The number of amides is 7. The van der Waals surface area contributed by atoms with Crippen molar-refractivity contribution in [3.8, 4) is 32.6 Å². The second kappa shape index (κ2) is 29.3. The molecule has 3 aromatic carbocycles. The minimum absolute atomic E-state index is 0.0314. The first-order valence-electron chi connectivity index (χ1n) is 27.9. The minimum Gasteiger partial charge on any atom is -0.504 e. The van der Waals surface area contributed by atoms with Gasteiger partial charge in [0.25, 0.3) is 18.2 Å². The summed E-state index contributed by atoms with van der Waals surface area (Å²) in [6.07, 6.45) is -6.22. The molecule has 1 aromatic heterocycles. The summed E-state index contributed by atoms with van der Waals surface area (Å²) in [6, 6.07) is 6.66. The Hall–Kier alpha value is -7.41. The Morgan fingerprint density at radius 2 is 1.43 bits per heavy atom. The molecule has 7 amide bonds. The lowest BCUT2D eigenvalue weighted by molar-refractivity contribution is -0.433. The molecule has 30 heteroatoms. The van der Waals surface area contributed by atoms with Crippen LogP contribution in [-0.2, 0) is 44.6 Å². The van der Waals surface area contributed by atoms with E-state index in [9.17, 15) is 69.3 Å². The number of nitrogens with one attached hydrogen (secondary N) is 5. The molecular formula is C56H68N10O18S2. The third kappa shape index (κ3) is 15.6. The smallest absolute Gasteiger partial charge is 0.261 e. The number of fused-ring (bicyclic) bond motifs is 2. The maximum absolute atomic E-state index is 14.6. The summed E-state index contributed by atoms with van der Waals surface area (Å²) in [5.41, 5.74) is 2.95. The van der Waals surface area contributed by atoms with Crippen LogP contribution in [0.4, 0.5) is 0 Å². The highest BCUT2D eigenvalue weighted by molar-refractivity contribution is 7.90. The van der Waals surface area contributed by atoms with Gasteiger partial charge in [-0.2, -0.15) is 0 Å². The van der Waals surface area contributed by atoms with Crippen LogP contribution < -0.4 is 30.8 Å². The molecule has 28 nitrogen and oxygen atoms in total. The highest BCUT2D eigenvalue weighted by Crippen LogP contribution is 2.36. The number of aliphatic hydroxyl groups excluding tert-OH is 6. The first kappa shape index (κ1) is 64.6. The number of nitrogens with zero attached hydrogens (tertiary/aromatic N) is 5. The molecule has 0 radical (unpaired) electrons. The summed E-state index contributed by atoms with van der Waals surface area (Å²) >= 11 is 1.42. The van der Waals surface area contributed by atoms with E-state index in [-0.39, 0.29) is 35.7 Å². The van der Waals surface area contributed by atoms with E-state index in [0.29, 0.717) is 21.5 Å². The van der Waals surface area contributed by atoms with Crippen LogP contribution in [0.5, 0.6) is 11.5 Å². The van der Waals surface area contributed by atoms with Crippen molar-refractivity contribution in [2.24, 2.45) is 5.92 Å². The van der Waals surface area contributed by atoms with Crippen molar-refractivity contribution < 1.29 is 88.1 Å². The molecule has 0 bridgehead atoms. The van der Waals surface area contributed by atoms with E-state index in [2.05, 4.69) is 63.1 Å². The van der Waals surface area contributed by atoms with Gasteiger partial charge in [-0.1, -0.05) is 89.4 Å². The number of aromatic hydroxyl groups is 1. The molecule has 86 heavy (non-hydrogen) atoms. The molecule has 0 spiro atoms. The maximum atomic E-state index is 14.6. The topological polar surface area (TPSA) is 406 Å². The molecule has 13 atom stereocenters. The molecule has 4 aromatic rings. The fraction of sp³-hybridized carbons (Fsp3) is 0.500. The number of hydrogen-bond acceptors (Lipinski definition) is 22. The number of phenolic OH excluding ortho intramolecular Hbond substituents is 1. The zero-order chi connectivity index (χ0) is 61.9. The normalized spacial score (nSPS) is 26.8. The largest absolute Gasteiger partial charge is 0.504 e. The number of hydrogen-bond donors (Lipinski definition) is 13. The van der Waals surface area contributed by atoms with Crippen molar-refractivity contribution >= 4 is 65.0 Å². The highest BCUT2D eigenvalue weighted by Gasteiger charge is 2.50. The van der Waals surface area contributed by atoms with Crippen molar-refractivity contribution in [3.05, 3.63) is 94.8 Å². The van der Waals surface area contributed by atoms with Crippen LogP contribution in [0.15, 0.2) is 66.7 Å². The van der Waals surface area contributed by atoms with Crippen LogP contribution in [0.25, 0.3) is 26.0 Å². The maximum Gasteiger partial charge on any atom is 0.261 e. The van der Waals surface area contributed by atoms with Crippen LogP contribution in [0, 0.1) is 12.5 Å². The summed E-state index contributed by atoms with van der Waals surface area (Å²) in [6.45, 7) is 7.65. The molecule has 3 saturated heterocycles. The molecule has 1 aliphatic carbocycles. The number of phenols is 1. The second-order valence-electron chi connectivity index (χ2n) is 21.9. The number of benzene rings is 3. The van der Waals surface area contributed by atoms with Gasteiger partial charge in [-0.25, -0.2) is 11.8 Å². The predicted octanol–water partition coefficient (Wildman–Crippen LogP) is -0.144. The number of carbonyl (C=O) groups is 7. The van der Waals surface area contributed by atoms with Crippen molar-refractivity contribution in [2.75, 3.05) is 26.2 Å². The van der Waals surface area contributed by atoms with Gasteiger partial charge in [0, 0.05) is 61.5 Å². The van der Waals surface area contributed by atoms with Crippen molar-refractivity contribution in [2.45, 2.75) is 144 Å². The van der Waals surface area contributed by atoms with Gasteiger partial charge in [-0.15, -0.1) is 10.2 Å². The standard InChI is InChI=1S/C56H68N10O18S2/c1-27-25-66-46(47(27)73)52(78)58-23-35(68)21-37(59-48(74)32-12-16-34(17-13-32)54-64-63-53(85-54)33-14-10-31(11-15-33)30-7-5-4-6-8-30)49(75)60-43(28(2)67)55(79)65-26-36(69)22-38(65)50(76)61-44(51(77)62-45(56(66)80)41(72)24-57-3)40(71)19-29-9-18-39(70)42(20-29)82-86-84-83-81/h9-18,20,27-28,30,35-38,40-41,43-47,67-73,81H,4-8,19,21-26H2,1-2H3,(H,58,78)(H,59,74)(H,60,75)(H,61,76)(H,62,77)/t27-,28+,35+,36+,37+,38+,40-,41-,43+,44+,45+,46+,47+/m1/s1. The Morgan fingerprint density at radius 3 is 2.08 bits per heavy atom. The van der Waals surface area contributed by atoms with E-state index in [1.54, 1.807) is 12.1 Å². The van der Waals surface area contributed by atoms with E-state index < -0.39 is 165 Å². The average Bonchev–Trinajstić information content (AvgIpc) is 1.88. The molecule has 462 valence electrons. The quantitative estimate of drug-likeness (QED) is 0.0242. The molecular weight excluding hydrogens is 1160 g/mol. The van der Waals surface area contributed by atoms with Gasteiger partial charge in [-0.3, -0.25) is 33.6 Å². The van der Waals surface area contributed by atoms with Crippen molar-refractivity contribution in [1.29, 1.82) is 0 Å². The van der Waals surface area contributed by atoms with Gasteiger partial charge >= 0.3 is 0 Å². The molecule has 1 saturated carbocycles. The number of rotatable bonds is 15. The number of aromatic nitrogens is 2. The van der Waals surface area contributed by atoms with E-state index in [0.717, 1.165) is 34.4 Å².